The fourth-order valence-corrected chi connectivity index (χ4v) is 3.79. The van der Waals surface area contributed by atoms with Crippen molar-refractivity contribution in [3.63, 3.8) is 0 Å². The Balaban J connectivity index is 1.41. The molecule has 0 aliphatic rings. The molecule has 4 aromatic rings. The average Bonchev–Trinajstić information content (AvgIpc) is 3.28. The molecule has 0 radical (unpaired) electrons. The maximum atomic E-state index is 12.9. The molecule has 170 valence electrons. The quantitative estimate of drug-likeness (QED) is 0.435. The number of carbonyl (C=O) groups is 1. The number of fused-ring (bicyclic) bond motifs is 1. The SMILES string of the molecule is CCc1ccc(CNC(=O)CCn2ccn3nc(-c4ccc(C(C)C)cc4)cc3c2=O)cc1. The van der Waals surface area contributed by atoms with Gasteiger partial charge in [-0.15, -0.1) is 0 Å². The molecule has 0 unspecified atom stereocenters. The average molecular weight is 443 g/mol. The summed E-state index contributed by atoms with van der Waals surface area (Å²) >= 11 is 0. The van der Waals surface area contributed by atoms with Gasteiger partial charge in [0.15, 0.2) is 0 Å². The first-order valence-electron chi connectivity index (χ1n) is 11.5. The molecule has 2 aromatic carbocycles. The number of carbonyl (C=O) groups excluding carboxylic acids is 1. The first-order valence-corrected chi connectivity index (χ1v) is 11.5. The number of benzene rings is 2. The third kappa shape index (κ3) is 5.22. The van der Waals surface area contributed by atoms with Crippen LogP contribution in [0.25, 0.3) is 16.8 Å². The molecule has 33 heavy (non-hydrogen) atoms. The molecule has 0 aliphatic carbocycles. The van der Waals surface area contributed by atoms with Crippen LogP contribution in [0.1, 0.15) is 49.8 Å². The third-order valence-corrected chi connectivity index (χ3v) is 5.98. The Morgan fingerprint density at radius 1 is 1.00 bits per heavy atom. The van der Waals surface area contributed by atoms with Gasteiger partial charge in [-0.25, -0.2) is 4.52 Å². The molecule has 2 aromatic heterocycles. The molecule has 0 aliphatic heterocycles. The largest absolute Gasteiger partial charge is 0.352 e. The normalized spacial score (nSPS) is 11.3. The van der Waals surface area contributed by atoms with Gasteiger partial charge in [0, 0.05) is 37.5 Å². The van der Waals surface area contributed by atoms with Crippen LogP contribution in [0.15, 0.2) is 71.8 Å². The summed E-state index contributed by atoms with van der Waals surface area (Å²) in [6.07, 6.45) is 4.68. The minimum absolute atomic E-state index is 0.0826. The predicted octanol–water partition coefficient (Wildman–Crippen LogP) is 4.56. The summed E-state index contributed by atoms with van der Waals surface area (Å²) < 4.78 is 3.17. The molecule has 0 saturated heterocycles. The highest BCUT2D eigenvalue weighted by atomic mass is 16.1. The Morgan fingerprint density at radius 2 is 1.70 bits per heavy atom. The molecule has 0 bridgehead atoms. The molecule has 0 saturated carbocycles. The van der Waals surface area contributed by atoms with Crippen LogP contribution < -0.4 is 10.9 Å². The lowest BCUT2D eigenvalue weighted by Gasteiger charge is -2.08. The summed E-state index contributed by atoms with van der Waals surface area (Å²) in [6, 6.07) is 18.3. The van der Waals surface area contributed by atoms with Crippen molar-refractivity contribution < 1.29 is 4.79 Å². The van der Waals surface area contributed by atoms with Crippen molar-refractivity contribution >= 4 is 11.4 Å². The van der Waals surface area contributed by atoms with Crippen molar-refractivity contribution in [3.05, 3.63) is 94.0 Å². The van der Waals surface area contributed by atoms with Crippen molar-refractivity contribution in [2.75, 3.05) is 0 Å². The highest BCUT2D eigenvalue weighted by molar-refractivity contribution is 5.75. The number of nitrogens with zero attached hydrogens (tertiary/aromatic N) is 3. The van der Waals surface area contributed by atoms with E-state index in [1.165, 1.54) is 11.1 Å². The Bertz CT molecular complexity index is 1300. The Labute approximate surface area is 193 Å². The number of aromatic nitrogens is 3. The second-order valence-electron chi connectivity index (χ2n) is 8.63. The molecule has 0 fully saturated rings. The Morgan fingerprint density at radius 3 is 2.36 bits per heavy atom. The van der Waals surface area contributed by atoms with E-state index in [2.05, 4.69) is 55.5 Å². The molecular weight excluding hydrogens is 412 g/mol. The van der Waals surface area contributed by atoms with Crippen molar-refractivity contribution in [1.82, 2.24) is 19.5 Å². The van der Waals surface area contributed by atoms with E-state index in [4.69, 9.17) is 0 Å². The van der Waals surface area contributed by atoms with Gasteiger partial charge in [0.05, 0.1) is 5.69 Å². The van der Waals surface area contributed by atoms with E-state index in [9.17, 15) is 9.59 Å². The zero-order chi connectivity index (χ0) is 23.4. The van der Waals surface area contributed by atoms with Crippen LogP contribution in [0.3, 0.4) is 0 Å². The summed E-state index contributed by atoms with van der Waals surface area (Å²) in [5, 5.41) is 7.48. The summed E-state index contributed by atoms with van der Waals surface area (Å²) in [4.78, 5) is 25.2. The number of rotatable bonds is 8. The van der Waals surface area contributed by atoms with Crippen LogP contribution in [0.4, 0.5) is 0 Å². The number of hydrogen-bond acceptors (Lipinski definition) is 3. The highest BCUT2D eigenvalue weighted by Gasteiger charge is 2.11. The van der Waals surface area contributed by atoms with Gasteiger partial charge >= 0.3 is 0 Å². The van der Waals surface area contributed by atoms with Gasteiger partial charge < -0.3 is 9.88 Å². The monoisotopic (exact) mass is 442 g/mol. The minimum atomic E-state index is -0.155. The molecule has 0 spiro atoms. The first-order chi connectivity index (χ1) is 15.9. The predicted molar refractivity (Wildman–Crippen MR) is 131 cm³/mol. The topological polar surface area (TPSA) is 68.4 Å². The van der Waals surface area contributed by atoms with E-state index in [0.717, 1.165) is 23.2 Å². The van der Waals surface area contributed by atoms with Gasteiger partial charge in [-0.05, 0) is 35.1 Å². The minimum Gasteiger partial charge on any atom is -0.352 e. The number of nitrogens with one attached hydrogen (secondary N) is 1. The summed E-state index contributed by atoms with van der Waals surface area (Å²) in [7, 11) is 0. The van der Waals surface area contributed by atoms with Gasteiger partial charge in [0.25, 0.3) is 5.56 Å². The van der Waals surface area contributed by atoms with Crippen LogP contribution in [-0.4, -0.2) is 20.1 Å². The second-order valence-corrected chi connectivity index (χ2v) is 8.63. The molecule has 1 N–H and O–H groups in total. The van der Waals surface area contributed by atoms with E-state index in [1.807, 2.05) is 30.3 Å². The fourth-order valence-electron chi connectivity index (χ4n) is 3.79. The Kier molecular flexibility index (Phi) is 6.73. The van der Waals surface area contributed by atoms with Crippen molar-refractivity contribution in [3.8, 4) is 11.3 Å². The van der Waals surface area contributed by atoms with Crippen LogP contribution in [0, 0.1) is 0 Å². The van der Waals surface area contributed by atoms with Gasteiger partial charge in [-0.3, -0.25) is 9.59 Å². The molecule has 0 atom stereocenters. The highest BCUT2D eigenvalue weighted by Crippen LogP contribution is 2.22. The summed E-state index contributed by atoms with van der Waals surface area (Å²) in [5.74, 6) is 0.381. The van der Waals surface area contributed by atoms with Gasteiger partial charge in [-0.2, -0.15) is 5.10 Å². The molecule has 1 amide bonds. The molecule has 6 nitrogen and oxygen atoms in total. The maximum absolute atomic E-state index is 12.9. The lowest BCUT2D eigenvalue weighted by Crippen LogP contribution is -2.27. The molecular formula is C27H30N4O2. The summed E-state index contributed by atoms with van der Waals surface area (Å²) in [5.41, 5.74) is 5.67. The van der Waals surface area contributed by atoms with Gasteiger partial charge in [-0.1, -0.05) is 69.3 Å². The first kappa shape index (κ1) is 22.5. The van der Waals surface area contributed by atoms with E-state index in [-0.39, 0.29) is 17.9 Å². The second kappa shape index (κ2) is 9.86. The lowest BCUT2D eigenvalue weighted by atomic mass is 10.0. The molecule has 2 heterocycles. The van der Waals surface area contributed by atoms with Crippen molar-refractivity contribution in [2.24, 2.45) is 0 Å². The Hall–Kier alpha value is -3.67. The third-order valence-electron chi connectivity index (χ3n) is 5.98. The van der Waals surface area contributed by atoms with Crippen LogP contribution in [0.2, 0.25) is 0 Å². The smallest absolute Gasteiger partial charge is 0.276 e. The number of aryl methyl sites for hydroxylation is 2. The van der Waals surface area contributed by atoms with E-state index in [0.29, 0.717) is 24.5 Å². The fraction of sp³-hybridized carbons (Fsp3) is 0.296. The van der Waals surface area contributed by atoms with Crippen LogP contribution in [-0.2, 0) is 24.3 Å². The zero-order valence-corrected chi connectivity index (χ0v) is 19.4. The van der Waals surface area contributed by atoms with Gasteiger partial charge in [0.1, 0.15) is 5.52 Å². The zero-order valence-electron chi connectivity index (χ0n) is 19.4. The maximum Gasteiger partial charge on any atom is 0.276 e. The number of hydrogen-bond donors (Lipinski definition) is 1. The summed E-state index contributed by atoms with van der Waals surface area (Å²) in [6.45, 7) is 7.24. The van der Waals surface area contributed by atoms with Crippen molar-refractivity contribution in [2.45, 2.75) is 52.6 Å². The van der Waals surface area contributed by atoms with E-state index in [1.54, 1.807) is 21.5 Å². The van der Waals surface area contributed by atoms with Crippen LogP contribution >= 0.6 is 0 Å². The standard InChI is InChI=1S/C27H30N4O2/c1-4-20-5-7-21(8-6-20)18-28-26(32)13-14-30-15-16-31-25(27(30)33)17-24(29-31)23-11-9-22(10-12-23)19(2)3/h5-12,15-17,19H,4,13-14,18H2,1-3H3,(H,28,32). The van der Waals surface area contributed by atoms with E-state index < -0.39 is 0 Å². The molecule has 6 heteroatoms. The van der Waals surface area contributed by atoms with Gasteiger partial charge in [0.2, 0.25) is 5.91 Å². The van der Waals surface area contributed by atoms with E-state index >= 15 is 0 Å². The van der Waals surface area contributed by atoms with Crippen molar-refractivity contribution in [1.29, 1.82) is 0 Å². The number of amides is 1. The molecule has 4 rings (SSSR count). The lowest BCUT2D eigenvalue weighted by molar-refractivity contribution is -0.121. The van der Waals surface area contributed by atoms with Crippen LogP contribution in [0.5, 0.6) is 0 Å².